The van der Waals surface area contributed by atoms with E-state index in [1.165, 1.54) is 11.8 Å². The molecule has 0 aliphatic heterocycles. The number of amides is 1. The topological polar surface area (TPSA) is 66.4 Å². The first-order valence-corrected chi connectivity index (χ1v) is 7.29. The molecular formula is C12H14BrNO3S. The summed E-state index contributed by atoms with van der Waals surface area (Å²) in [5.74, 6) is -0.247. The third kappa shape index (κ3) is 5.55. The number of benzene rings is 1. The van der Waals surface area contributed by atoms with E-state index in [0.29, 0.717) is 5.75 Å². The number of rotatable bonds is 6. The largest absolute Gasteiger partial charge is 0.481 e. The number of hydrogen-bond donors (Lipinski definition) is 2. The Morgan fingerprint density at radius 3 is 2.78 bits per heavy atom. The molecule has 0 radical (unpaired) electrons. The molecule has 0 fully saturated rings. The number of carboxylic acid groups (broad SMARTS) is 1. The molecule has 0 aliphatic carbocycles. The van der Waals surface area contributed by atoms with Crippen molar-refractivity contribution in [2.75, 3.05) is 16.8 Å². The van der Waals surface area contributed by atoms with Crippen LogP contribution in [0.1, 0.15) is 12.0 Å². The highest BCUT2D eigenvalue weighted by molar-refractivity contribution is 9.10. The van der Waals surface area contributed by atoms with Gasteiger partial charge in [0.1, 0.15) is 0 Å². The van der Waals surface area contributed by atoms with Gasteiger partial charge in [0, 0.05) is 15.9 Å². The summed E-state index contributed by atoms with van der Waals surface area (Å²) >= 11 is 4.70. The van der Waals surface area contributed by atoms with Gasteiger partial charge in [0.05, 0.1) is 12.2 Å². The summed E-state index contributed by atoms with van der Waals surface area (Å²) in [5, 5.41) is 11.2. The SMILES string of the molecule is Cc1cc(NC(=O)CSCCC(=O)O)ccc1Br. The van der Waals surface area contributed by atoms with Gasteiger partial charge in [-0.2, -0.15) is 11.8 Å². The number of hydrogen-bond acceptors (Lipinski definition) is 3. The normalized spacial score (nSPS) is 10.1. The number of carboxylic acids is 1. The number of aryl methyl sites for hydroxylation is 1. The Labute approximate surface area is 118 Å². The highest BCUT2D eigenvalue weighted by Gasteiger charge is 2.05. The summed E-state index contributed by atoms with van der Waals surface area (Å²) in [6, 6.07) is 5.57. The molecule has 0 spiro atoms. The van der Waals surface area contributed by atoms with E-state index in [9.17, 15) is 9.59 Å². The monoisotopic (exact) mass is 331 g/mol. The van der Waals surface area contributed by atoms with E-state index in [1.54, 1.807) is 0 Å². The van der Waals surface area contributed by atoms with E-state index < -0.39 is 5.97 Å². The standard InChI is InChI=1S/C12H14BrNO3S/c1-8-6-9(2-3-10(8)13)14-11(15)7-18-5-4-12(16)17/h2-3,6H,4-5,7H2,1H3,(H,14,15)(H,16,17). The molecule has 0 unspecified atom stereocenters. The molecule has 1 amide bonds. The van der Waals surface area contributed by atoms with Gasteiger partial charge in [-0.05, 0) is 30.7 Å². The lowest BCUT2D eigenvalue weighted by molar-refractivity contribution is -0.136. The van der Waals surface area contributed by atoms with Crippen molar-refractivity contribution in [2.24, 2.45) is 0 Å². The van der Waals surface area contributed by atoms with Crippen molar-refractivity contribution in [3.63, 3.8) is 0 Å². The lowest BCUT2D eigenvalue weighted by Crippen LogP contribution is -2.14. The van der Waals surface area contributed by atoms with E-state index in [-0.39, 0.29) is 18.1 Å². The van der Waals surface area contributed by atoms with Crippen molar-refractivity contribution < 1.29 is 14.7 Å². The molecule has 2 N–H and O–H groups in total. The summed E-state index contributed by atoms with van der Waals surface area (Å²) < 4.78 is 0.997. The molecule has 0 bridgehead atoms. The Kier molecular flexibility index (Phi) is 6.21. The van der Waals surface area contributed by atoms with Crippen molar-refractivity contribution in [1.29, 1.82) is 0 Å². The molecule has 0 aromatic heterocycles. The van der Waals surface area contributed by atoms with Crippen molar-refractivity contribution in [3.05, 3.63) is 28.2 Å². The predicted molar refractivity (Wildman–Crippen MR) is 77.1 cm³/mol. The number of thioether (sulfide) groups is 1. The van der Waals surface area contributed by atoms with Crippen molar-refractivity contribution in [1.82, 2.24) is 0 Å². The second-order valence-electron chi connectivity index (χ2n) is 3.71. The van der Waals surface area contributed by atoms with Gasteiger partial charge in [0.15, 0.2) is 0 Å². The van der Waals surface area contributed by atoms with Gasteiger partial charge in [-0.15, -0.1) is 0 Å². The fraction of sp³-hybridized carbons (Fsp3) is 0.333. The quantitative estimate of drug-likeness (QED) is 0.786. The van der Waals surface area contributed by atoms with Crippen LogP contribution < -0.4 is 5.32 Å². The van der Waals surface area contributed by atoms with Gasteiger partial charge < -0.3 is 10.4 Å². The number of halogens is 1. The highest BCUT2D eigenvalue weighted by atomic mass is 79.9. The zero-order valence-corrected chi connectivity index (χ0v) is 12.3. The Hall–Kier alpha value is -1.01. The zero-order chi connectivity index (χ0) is 13.5. The van der Waals surface area contributed by atoms with E-state index in [4.69, 9.17) is 5.11 Å². The molecule has 4 nitrogen and oxygen atoms in total. The number of carbonyl (C=O) groups excluding carboxylic acids is 1. The molecule has 1 rings (SSSR count). The molecule has 6 heteroatoms. The van der Waals surface area contributed by atoms with Crippen LogP contribution in [0, 0.1) is 6.92 Å². The third-order valence-electron chi connectivity index (χ3n) is 2.14. The Balaban J connectivity index is 2.35. The average molecular weight is 332 g/mol. The van der Waals surface area contributed by atoms with Crippen LogP contribution in [0.15, 0.2) is 22.7 Å². The molecule has 98 valence electrons. The van der Waals surface area contributed by atoms with Crippen LogP contribution >= 0.6 is 27.7 Å². The molecule has 0 saturated carbocycles. The van der Waals surface area contributed by atoms with Crippen molar-refractivity contribution in [3.8, 4) is 0 Å². The van der Waals surface area contributed by atoms with Crippen LogP contribution in [0.25, 0.3) is 0 Å². The van der Waals surface area contributed by atoms with Crippen molar-refractivity contribution >= 4 is 45.3 Å². The van der Waals surface area contributed by atoms with Gasteiger partial charge in [-0.25, -0.2) is 0 Å². The minimum Gasteiger partial charge on any atom is -0.481 e. The molecule has 0 atom stereocenters. The Morgan fingerprint density at radius 1 is 1.44 bits per heavy atom. The first kappa shape index (κ1) is 15.0. The van der Waals surface area contributed by atoms with Gasteiger partial charge >= 0.3 is 5.97 Å². The molecule has 1 aromatic carbocycles. The maximum atomic E-state index is 11.6. The maximum Gasteiger partial charge on any atom is 0.304 e. The number of anilines is 1. The lowest BCUT2D eigenvalue weighted by Gasteiger charge is -2.06. The summed E-state index contributed by atoms with van der Waals surface area (Å²) in [5.41, 5.74) is 1.80. The van der Waals surface area contributed by atoms with E-state index in [1.807, 2.05) is 25.1 Å². The van der Waals surface area contributed by atoms with E-state index in [2.05, 4.69) is 21.2 Å². The van der Waals surface area contributed by atoms with Gasteiger partial charge in [-0.1, -0.05) is 15.9 Å². The zero-order valence-electron chi connectivity index (χ0n) is 9.90. The smallest absolute Gasteiger partial charge is 0.304 e. The molecule has 0 heterocycles. The van der Waals surface area contributed by atoms with Gasteiger partial charge in [0.2, 0.25) is 5.91 Å². The first-order valence-electron chi connectivity index (χ1n) is 5.34. The Morgan fingerprint density at radius 2 is 2.17 bits per heavy atom. The number of nitrogens with one attached hydrogen (secondary N) is 1. The van der Waals surface area contributed by atoms with Crippen LogP contribution in [0.2, 0.25) is 0 Å². The Bertz CT molecular complexity index is 451. The minimum atomic E-state index is -0.841. The van der Waals surface area contributed by atoms with Gasteiger partial charge in [0.25, 0.3) is 0 Å². The molecular weight excluding hydrogens is 318 g/mol. The predicted octanol–water partition coefficient (Wildman–Crippen LogP) is 2.90. The molecule has 0 aliphatic rings. The fourth-order valence-corrected chi connectivity index (χ4v) is 2.21. The van der Waals surface area contributed by atoms with Crippen LogP contribution in [0.5, 0.6) is 0 Å². The molecule has 0 saturated heterocycles. The van der Waals surface area contributed by atoms with Crippen LogP contribution in [0.3, 0.4) is 0 Å². The third-order valence-corrected chi connectivity index (χ3v) is 3.98. The fourth-order valence-electron chi connectivity index (χ4n) is 1.24. The van der Waals surface area contributed by atoms with E-state index in [0.717, 1.165) is 15.7 Å². The summed E-state index contributed by atoms with van der Waals surface area (Å²) in [6.45, 7) is 1.95. The average Bonchev–Trinajstić information content (AvgIpc) is 2.29. The highest BCUT2D eigenvalue weighted by Crippen LogP contribution is 2.20. The number of aliphatic carboxylic acids is 1. The van der Waals surface area contributed by atoms with Crippen LogP contribution in [-0.4, -0.2) is 28.5 Å². The summed E-state index contributed by atoms with van der Waals surface area (Å²) in [4.78, 5) is 21.8. The molecule has 18 heavy (non-hydrogen) atoms. The maximum absolute atomic E-state index is 11.6. The minimum absolute atomic E-state index is 0.0787. The number of carbonyl (C=O) groups is 2. The summed E-state index contributed by atoms with van der Waals surface area (Å²) in [6.07, 6.45) is 0.0787. The van der Waals surface area contributed by atoms with Gasteiger partial charge in [-0.3, -0.25) is 9.59 Å². The second kappa shape index (κ2) is 7.43. The van der Waals surface area contributed by atoms with Crippen LogP contribution in [-0.2, 0) is 9.59 Å². The van der Waals surface area contributed by atoms with E-state index >= 15 is 0 Å². The first-order chi connectivity index (χ1) is 8.49. The second-order valence-corrected chi connectivity index (χ2v) is 5.67. The summed E-state index contributed by atoms with van der Waals surface area (Å²) in [7, 11) is 0. The van der Waals surface area contributed by atoms with Crippen molar-refractivity contribution in [2.45, 2.75) is 13.3 Å². The lowest BCUT2D eigenvalue weighted by atomic mass is 10.2. The van der Waals surface area contributed by atoms with Crippen LogP contribution in [0.4, 0.5) is 5.69 Å². The molecule has 1 aromatic rings.